The van der Waals surface area contributed by atoms with Crippen molar-refractivity contribution in [2.75, 3.05) is 7.11 Å². The maximum atomic E-state index is 10.9. The molecule has 0 fully saturated rings. The first-order valence-corrected chi connectivity index (χ1v) is 6.00. The molecule has 0 spiro atoms. The van der Waals surface area contributed by atoms with Gasteiger partial charge in [-0.15, -0.1) is 0 Å². The lowest BCUT2D eigenvalue weighted by Crippen LogP contribution is -1.93. The van der Waals surface area contributed by atoms with Crippen molar-refractivity contribution in [1.29, 1.82) is 0 Å². The van der Waals surface area contributed by atoms with Crippen LogP contribution < -0.4 is 4.74 Å². The van der Waals surface area contributed by atoms with E-state index in [1.54, 1.807) is 19.2 Å². The van der Waals surface area contributed by atoms with Gasteiger partial charge in [0.05, 0.1) is 12.7 Å². The molecule has 1 N–H and O–H groups in total. The van der Waals surface area contributed by atoms with Crippen LogP contribution in [0.25, 0.3) is 11.1 Å². The Morgan fingerprint density at radius 3 is 2.26 bits per heavy atom. The van der Waals surface area contributed by atoms with Crippen molar-refractivity contribution in [3.63, 3.8) is 0 Å². The lowest BCUT2D eigenvalue weighted by atomic mass is 9.94. The highest BCUT2D eigenvalue weighted by atomic mass is 16.5. The van der Waals surface area contributed by atoms with Crippen molar-refractivity contribution in [3.8, 4) is 22.6 Å². The molecule has 0 aromatic heterocycles. The minimum atomic E-state index is 0.00238. The smallest absolute Gasteiger partial charge is 0.153 e. The summed E-state index contributed by atoms with van der Waals surface area (Å²) in [6, 6.07) is 8.96. The van der Waals surface area contributed by atoms with Gasteiger partial charge >= 0.3 is 0 Å². The molecule has 0 atom stereocenters. The minimum absolute atomic E-state index is 0.00238. The van der Waals surface area contributed by atoms with Crippen molar-refractivity contribution < 1.29 is 14.6 Å². The zero-order chi connectivity index (χ0) is 14.0. The van der Waals surface area contributed by atoms with Crippen LogP contribution in [0.3, 0.4) is 0 Å². The third kappa shape index (κ3) is 2.45. The standard InChI is InChI=1S/C16H16O3/c1-10-6-14(19-3)7-11(2)16(10)12-4-5-15(18)13(8-12)9-17/h4-9,18H,1-3H3. The summed E-state index contributed by atoms with van der Waals surface area (Å²) in [5.41, 5.74) is 4.41. The first kappa shape index (κ1) is 13.1. The van der Waals surface area contributed by atoms with E-state index < -0.39 is 0 Å². The molecule has 0 unspecified atom stereocenters. The number of carbonyl (C=O) groups excluding carboxylic acids is 1. The number of carbonyl (C=O) groups is 1. The molecule has 2 rings (SSSR count). The van der Waals surface area contributed by atoms with Gasteiger partial charge in [0.15, 0.2) is 6.29 Å². The maximum Gasteiger partial charge on any atom is 0.153 e. The number of benzene rings is 2. The SMILES string of the molecule is COc1cc(C)c(-c2ccc(O)c(C=O)c2)c(C)c1. The second kappa shape index (κ2) is 5.14. The zero-order valence-electron chi connectivity index (χ0n) is 11.2. The highest BCUT2D eigenvalue weighted by Crippen LogP contribution is 2.32. The van der Waals surface area contributed by atoms with E-state index in [1.165, 1.54) is 0 Å². The second-order valence-corrected chi connectivity index (χ2v) is 4.53. The zero-order valence-corrected chi connectivity index (χ0v) is 11.2. The molecule has 0 radical (unpaired) electrons. The normalized spacial score (nSPS) is 10.3. The lowest BCUT2D eigenvalue weighted by molar-refractivity contribution is 0.112. The Morgan fingerprint density at radius 2 is 1.74 bits per heavy atom. The van der Waals surface area contributed by atoms with Crippen molar-refractivity contribution in [1.82, 2.24) is 0 Å². The molecule has 98 valence electrons. The van der Waals surface area contributed by atoms with E-state index in [1.807, 2.05) is 32.0 Å². The minimum Gasteiger partial charge on any atom is -0.507 e. The summed E-state index contributed by atoms with van der Waals surface area (Å²) in [7, 11) is 1.64. The summed E-state index contributed by atoms with van der Waals surface area (Å²) < 4.78 is 5.23. The Bertz CT molecular complexity index is 607. The first-order valence-electron chi connectivity index (χ1n) is 6.00. The van der Waals surface area contributed by atoms with Crippen molar-refractivity contribution >= 4 is 6.29 Å². The van der Waals surface area contributed by atoms with Gasteiger partial charge in [0.25, 0.3) is 0 Å². The number of aryl methyl sites for hydroxylation is 2. The van der Waals surface area contributed by atoms with E-state index in [2.05, 4.69) is 0 Å². The van der Waals surface area contributed by atoms with Gasteiger partial charge in [0.2, 0.25) is 0 Å². The summed E-state index contributed by atoms with van der Waals surface area (Å²) in [5.74, 6) is 0.815. The fraction of sp³-hybridized carbons (Fsp3) is 0.188. The topological polar surface area (TPSA) is 46.5 Å². The fourth-order valence-corrected chi connectivity index (χ4v) is 2.30. The third-order valence-corrected chi connectivity index (χ3v) is 3.19. The number of hydrogen-bond donors (Lipinski definition) is 1. The number of aldehydes is 1. The van der Waals surface area contributed by atoms with Gasteiger partial charge in [0.1, 0.15) is 11.5 Å². The molecule has 19 heavy (non-hydrogen) atoms. The van der Waals surface area contributed by atoms with Gasteiger partial charge in [-0.05, 0) is 60.4 Å². The molecular formula is C16H16O3. The number of rotatable bonds is 3. The molecule has 0 bridgehead atoms. The maximum absolute atomic E-state index is 10.9. The summed E-state index contributed by atoms with van der Waals surface area (Å²) in [4.78, 5) is 10.9. The van der Waals surface area contributed by atoms with Crippen LogP contribution >= 0.6 is 0 Å². The van der Waals surface area contributed by atoms with Gasteiger partial charge in [0, 0.05) is 0 Å². The summed E-state index contributed by atoms with van der Waals surface area (Å²) in [6.07, 6.45) is 0.660. The third-order valence-electron chi connectivity index (χ3n) is 3.19. The molecule has 0 amide bonds. The molecule has 3 nitrogen and oxygen atoms in total. The number of ether oxygens (including phenoxy) is 1. The van der Waals surface area contributed by atoms with E-state index in [9.17, 15) is 9.90 Å². The summed E-state index contributed by atoms with van der Waals surface area (Å²) in [5, 5.41) is 9.55. The number of methoxy groups -OCH3 is 1. The van der Waals surface area contributed by atoms with Crippen LogP contribution in [0.5, 0.6) is 11.5 Å². The van der Waals surface area contributed by atoms with Crippen molar-refractivity contribution in [2.24, 2.45) is 0 Å². The van der Waals surface area contributed by atoms with Crippen molar-refractivity contribution in [3.05, 3.63) is 47.0 Å². The van der Waals surface area contributed by atoms with Crippen molar-refractivity contribution in [2.45, 2.75) is 13.8 Å². The molecule has 0 aliphatic rings. The molecule has 0 saturated carbocycles. The molecule has 2 aromatic carbocycles. The predicted octanol–water partition coefficient (Wildman–Crippen LogP) is 3.50. The highest BCUT2D eigenvalue weighted by molar-refractivity contribution is 5.84. The van der Waals surface area contributed by atoms with Crippen LogP contribution in [-0.2, 0) is 0 Å². The molecule has 0 heterocycles. The fourth-order valence-electron chi connectivity index (χ4n) is 2.30. The number of phenolic OH excluding ortho intramolecular Hbond substituents is 1. The molecular weight excluding hydrogens is 240 g/mol. The molecule has 0 saturated heterocycles. The molecule has 2 aromatic rings. The monoisotopic (exact) mass is 256 g/mol. The average Bonchev–Trinajstić information content (AvgIpc) is 2.39. The van der Waals surface area contributed by atoms with E-state index in [0.29, 0.717) is 11.8 Å². The molecule has 0 aliphatic heterocycles. The molecule has 0 aliphatic carbocycles. The van der Waals surface area contributed by atoms with Crippen LogP contribution in [0, 0.1) is 13.8 Å². The summed E-state index contributed by atoms with van der Waals surface area (Å²) >= 11 is 0. The van der Waals surface area contributed by atoms with Gasteiger partial charge in [-0.3, -0.25) is 4.79 Å². The Hall–Kier alpha value is -2.29. The highest BCUT2D eigenvalue weighted by Gasteiger charge is 2.10. The van der Waals surface area contributed by atoms with Gasteiger partial charge in [-0.2, -0.15) is 0 Å². The second-order valence-electron chi connectivity index (χ2n) is 4.53. The Labute approximate surface area is 112 Å². The number of aromatic hydroxyl groups is 1. The largest absolute Gasteiger partial charge is 0.507 e. The van der Waals surface area contributed by atoms with E-state index >= 15 is 0 Å². The van der Waals surface area contributed by atoms with E-state index in [0.717, 1.165) is 28.0 Å². The van der Waals surface area contributed by atoms with Crippen LogP contribution in [0.2, 0.25) is 0 Å². The Balaban J connectivity index is 2.62. The van der Waals surface area contributed by atoms with Crippen LogP contribution in [0.15, 0.2) is 30.3 Å². The van der Waals surface area contributed by atoms with Crippen LogP contribution in [0.4, 0.5) is 0 Å². The van der Waals surface area contributed by atoms with Gasteiger partial charge < -0.3 is 9.84 Å². The molecule has 3 heteroatoms. The lowest BCUT2D eigenvalue weighted by Gasteiger charge is -2.13. The number of hydrogen-bond acceptors (Lipinski definition) is 3. The van der Waals surface area contributed by atoms with E-state index in [-0.39, 0.29) is 5.75 Å². The Kier molecular flexibility index (Phi) is 3.56. The predicted molar refractivity (Wildman–Crippen MR) is 75.0 cm³/mol. The van der Waals surface area contributed by atoms with Gasteiger partial charge in [-0.25, -0.2) is 0 Å². The average molecular weight is 256 g/mol. The number of phenols is 1. The quantitative estimate of drug-likeness (QED) is 0.855. The van der Waals surface area contributed by atoms with Crippen LogP contribution in [-0.4, -0.2) is 18.5 Å². The summed E-state index contributed by atoms with van der Waals surface area (Å²) in [6.45, 7) is 4.00. The Morgan fingerprint density at radius 1 is 1.11 bits per heavy atom. The van der Waals surface area contributed by atoms with Crippen LogP contribution in [0.1, 0.15) is 21.5 Å². The van der Waals surface area contributed by atoms with Gasteiger partial charge in [-0.1, -0.05) is 6.07 Å². The first-order chi connectivity index (χ1) is 9.06. The van der Waals surface area contributed by atoms with E-state index in [4.69, 9.17) is 4.74 Å².